The first-order valence-corrected chi connectivity index (χ1v) is 8.07. The summed E-state index contributed by atoms with van der Waals surface area (Å²) < 4.78 is 5.23. The molecule has 0 saturated heterocycles. The highest BCUT2D eigenvalue weighted by molar-refractivity contribution is 6.36. The number of amides is 1. The topological polar surface area (TPSA) is 55.4 Å². The Kier molecular flexibility index (Phi) is 5.86. The van der Waals surface area contributed by atoms with E-state index in [1.807, 2.05) is 26.0 Å². The molecule has 1 amide bonds. The first-order valence-electron chi connectivity index (χ1n) is 7.32. The quantitative estimate of drug-likeness (QED) is 0.792. The Morgan fingerprint density at radius 2 is 1.79 bits per heavy atom. The van der Waals surface area contributed by atoms with Gasteiger partial charge < -0.3 is 10.1 Å². The number of benzene rings is 2. The van der Waals surface area contributed by atoms with Crippen molar-refractivity contribution in [2.75, 3.05) is 5.32 Å². The summed E-state index contributed by atoms with van der Waals surface area (Å²) in [6.45, 7) is 5.26. The lowest BCUT2D eigenvalue weighted by Gasteiger charge is -2.15. The molecule has 2 aromatic rings. The van der Waals surface area contributed by atoms with Crippen molar-refractivity contribution in [3.63, 3.8) is 0 Å². The van der Waals surface area contributed by atoms with Crippen LogP contribution in [0.2, 0.25) is 10.0 Å². The maximum Gasteiger partial charge on any atom is 0.339 e. The van der Waals surface area contributed by atoms with Gasteiger partial charge in [-0.15, -0.1) is 0 Å². The van der Waals surface area contributed by atoms with Gasteiger partial charge in [0.05, 0.1) is 16.3 Å². The van der Waals surface area contributed by atoms with E-state index < -0.39 is 18.0 Å². The molecule has 0 heterocycles. The van der Waals surface area contributed by atoms with E-state index in [1.165, 1.54) is 13.0 Å². The monoisotopic (exact) mass is 365 g/mol. The van der Waals surface area contributed by atoms with Crippen LogP contribution in [0.4, 0.5) is 5.69 Å². The van der Waals surface area contributed by atoms with Crippen LogP contribution in [-0.2, 0) is 9.53 Å². The minimum absolute atomic E-state index is 0.309. The van der Waals surface area contributed by atoms with Crippen molar-refractivity contribution in [3.05, 3.63) is 63.1 Å². The maximum atomic E-state index is 12.2. The van der Waals surface area contributed by atoms with Crippen molar-refractivity contribution in [2.45, 2.75) is 26.9 Å². The number of nitrogens with one attached hydrogen (secondary N) is 1. The van der Waals surface area contributed by atoms with E-state index in [1.54, 1.807) is 18.2 Å². The molecule has 126 valence electrons. The molecule has 6 heteroatoms. The zero-order chi connectivity index (χ0) is 17.9. The van der Waals surface area contributed by atoms with Gasteiger partial charge in [-0.1, -0.05) is 40.9 Å². The molecule has 24 heavy (non-hydrogen) atoms. The van der Waals surface area contributed by atoms with Crippen LogP contribution in [0.25, 0.3) is 0 Å². The summed E-state index contributed by atoms with van der Waals surface area (Å²) in [6, 6.07) is 10.1. The molecule has 2 aromatic carbocycles. The van der Waals surface area contributed by atoms with Crippen LogP contribution in [0.5, 0.6) is 0 Å². The number of rotatable bonds is 4. The fraction of sp³-hybridized carbons (Fsp3) is 0.222. The van der Waals surface area contributed by atoms with Crippen molar-refractivity contribution in [1.82, 2.24) is 0 Å². The Morgan fingerprint density at radius 1 is 1.08 bits per heavy atom. The molecular formula is C18H17Cl2NO3. The second-order valence-electron chi connectivity index (χ2n) is 5.48. The van der Waals surface area contributed by atoms with Crippen LogP contribution in [0.15, 0.2) is 36.4 Å². The largest absolute Gasteiger partial charge is 0.449 e. The minimum Gasteiger partial charge on any atom is -0.449 e. The van der Waals surface area contributed by atoms with E-state index in [-0.39, 0.29) is 0 Å². The van der Waals surface area contributed by atoms with Gasteiger partial charge in [0.2, 0.25) is 0 Å². The lowest BCUT2D eigenvalue weighted by molar-refractivity contribution is -0.123. The lowest BCUT2D eigenvalue weighted by Crippen LogP contribution is -2.30. The predicted octanol–water partition coefficient (Wildman–Crippen LogP) is 4.79. The molecule has 4 nitrogen and oxygen atoms in total. The highest BCUT2D eigenvalue weighted by Crippen LogP contribution is 2.25. The van der Waals surface area contributed by atoms with Crippen molar-refractivity contribution in [3.8, 4) is 0 Å². The number of halogens is 2. The Morgan fingerprint density at radius 3 is 2.42 bits per heavy atom. The number of ether oxygens (including phenoxy) is 1. The van der Waals surface area contributed by atoms with Crippen LogP contribution >= 0.6 is 23.2 Å². The zero-order valence-electron chi connectivity index (χ0n) is 13.5. The predicted molar refractivity (Wildman–Crippen MR) is 95.9 cm³/mol. The Balaban J connectivity index is 2.04. The van der Waals surface area contributed by atoms with Crippen molar-refractivity contribution in [2.24, 2.45) is 0 Å². The standard InChI is InChI=1S/C18H17Cl2NO3/c1-10-4-6-14(11(2)8-10)18(23)24-12(3)17(22)21-16-7-5-13(19)9-15(16)20/h4-9,12H,1-3H3,(H,21,22). The van der Waals surface area contributed by atoms with Gasteiger partial charge in [-0.3, -0.25) is 4.79 Å². The Hall–Kier alpha value is -2.04. The number of anilines is 1. The smallest absolute Gasteiger partial charge is 0.339 e. The second-order valence-corrected chi connectivity index (χ2v) is 6.32. The molecule has 1 atom stereocenters. The molecule has 0 saturated carbocycles. The van der Waals surface area contributed by atoms with Crippen molar-refractivity contribution >= 4 is 40.8 Å². The molecule has 2 rings (SSSR count). The van der Waals surface area contributed by atoms with Crippen LogP contribution in [0.1, 0.15) is 28.4 Å². The molecule has 0 aliphatic carbocycles. The van der Waals surface area contributed by atoms with E-state index in [0.29, 0.717) is 21.3 Å². The molecule has 1 unspecified atom stereocenters. The molecule has 0 aliphatic rings. The van der Waals surface area contributed by atoms with Gasteiger partial charge in [-0.05, 0) is 50.6 Å². The maximum absolute atomic E-state index is 12.2. The van der Waals surface area contributed by atoms with E-state index in [4.69, 9.17) is 27.9 Å². The third kappa shape index (κ3) is 4.49. The molecule has 0 radical (unpaired) electrons. The fourth-order valence-corrected chi connectivity index (χ4v) is 2.60. The fourth-order valence-electron chi connectivity index (χ4n) is 2.15. The summed E-state index contributed by atoms with van der Waals surface area (Å²) in [4.78, 5) is 24.4. The van der Waals surface area contributed by atoms with Gasteiger partial charge in [0, 0.05) is 5.02 Å². The normalized spacial score (nSPS) is 11.7. The third-order valence-corrected chi connectivity index (χ3v) is 3.99. The van der Waals surface area contributed by atoms with Crippen molar-refractivity contribution < 1.29 is 14.3 Å². The molecule has 0 fully saturated rings. The Bertz CT molecular complexity index is 790. The van der Waals surface area contributed by atoms with Gasteiger partial charge in [-0.2, -0.15) is 0 Å². The Labute approximate surface area is 150 Å². The highest BCUT2D eigenvalue weighted by atomic mass is 35.5. The van der Waals surface area contributed by atoms with Crippen molar-refractivity contribution in [1.29, 1.82) is 0 Å². The van der Waals surface area contributed by atoms with E-state index >= 15 is 0 Å². The summed E-state index contributed by atoms with van der Waals surface area (Å²) >= 11 is 11.8. The number of carbonyl (C=O) groups is 2. The summed E-state index contributed by atoms with van der Waals surface area (Å²) in [7, 11) is 0. The molecule has 0 bridgehead atoms. The number of hydrogen-bond acceptors (Lipinski definition) is 3. The first-order chi connectivity index (χ1) is 11.3. The third-order valence-electron chi connectivity index (χ3n) is 3.44. The van der Waals surface area contributed by atoms with E-state index in [0.717, 1.165) is 11.1 Å². The highest BCUT2D eigenvalue weighted by Gasteiger charge is 2.20. The number of aryl methyl sites for hydroxylation is 2. The van der Waals surface area contributed by atoms with Crippen LogP contribution in [0.3, 0.4) is 0 Å². The summed E-state index contributed by atoms with van der Waals surface area (Å²) in [6.07, 6.45) is -0.968. The average Bonchev–Trinajstić information content (AvgIpc) is 2.49. The van der Waals surface area contributed by atoms with E-state index in [2.05, 4.69) is 5.32 Å². The van der Waals surface area contributed by atoms with Gasteiger partial charge in [0.15, 0.2) is 6.10 Å². The average molecular weight is 366 g/mol. The number of esters is 1. The summed E-state index contributed by atoms with van der Waals surface area (Å²) in [5, 5.41) is 3.39. The van der Waals surface area contributed by atoms with Gasteiger partial charge in [0.1, 0.15) is 0 Å². The minimum atomic E-state index is -0.968. The SMILES string of the molecule is Cc1ccc(C(=O)OC(C)C(=O)Nc2ccc(Cl)cc2Cl)c(C)c1. The van der Waals surface area contributed by atoms with Gasteiger partial charge in [-0.25, -0.2) is 4.79 Å². The van der Waals surface area contributed by atoms with Crippen LogP contribution in [0, 0.1) is 13.8 Å². The second kappa shape index (κ2) is 7.69. The van der Waals surface area contributed by atoms with Gasteiger partial charge in [0.25, 0.3) is 5.91 Å². The first kappa shape index (κ1) is 18.3. The summed E-state index contributed by atoms with van der Waals surface area (Å²) in [5.41, 5.74) is 2.69. The van der Waals surface area contributed by atoms with Crippen LogP contribution < -0.4 is 5.32 Å². The van der Waals surface area contributed by atoms with Gasteiger partial charge >= 0.3 is 5.97 Å². The lowest BCUT2D eigenvalue weighted by atomic mass is 10.1. The van der Waals surface area contributed by atoms with Crippen LogP contribution in [-0.4, -0.2) is 18.0 Å². The molecule has 0 spiro atoms. The number of hydrogen-bond donors (Lipinski definition) is 1. The van der Waals surface area contributed by atoms with E-state index in [9.17, 15) is 9.59 Å². The zero-order valence-corrected chi connectivity index (χ0v) is 15.0. The summed E-state index contributed by atoms with van der Waals surface area (Å²) in [5.74, 6) is -1.02. The molecule has 0 aliphatic heterocycles. The number of carbonyl (C=O) groups excluding carboxylic acids is 2. The molecule has 0 aromatic heterocycles. The molecular weight excluding hydrogens is 349 g/mol. The molecule has 1 N–H and O–H groups in total.